The molecule has 1 heterocycles. The van der Waals surface area contributed by atoms with Crippen LogP contribution in [0.4, 0.5) is 11.8 Å². The van der Waals surface area contributed by atoms with E-state index in [2.05, 4.69) is 45.1 Å². The van der Waals surface area contributed by atoms with Gasteiger partial charge in [-0.25, -0.2) is 4.98 Å². The van der Waals surface area contributed by atoms with E-state index in [-0.39, 0.29) is 0 Å². The van der Waals surface area contributed by atoms with E-state index in [1.807, 2.05) is 0 Å². The van der Waals surface area contributed by atoms with Crippen LogP contribution in [0.5, 0.6) is 0 Å². The number of nitrogens with zero attached hydrogens (tertiary/aromatic N) is 2. The predicted molar refractivity (Wildman–Crippen MR) is 69.2 cm³/mol. The van der Waals surface area contributed by atoms with Crippen LogP contribution in [0.15, 0.2) is 10.7 Å². The van der Waals surface area contributed by atoms with Gasteiger partial charge in [-0.1, -0.05) is 20.3 Å². The second-order valence-corrected chi connectivity index (χ2v) is 5.86. The third kappa shape index (κ3) is 2.29. The van der Waals surface area contributed by atoms with E-state index in [1.165, 1.54) is 19.3 Å². The quantitative estimate of drug-likeness (QED) is 0.877. The first-order chi connectivity index (χ1) is 7.49. The van der Waals surface area contributed by atoms with Crippen LogP contribution >= 0.6 is 15.9 Å². The van der Waals surface area contributed by atoms with Crippen molar-refractivity contribution in [3.8, 4) is 0 Å². The van der Waals surface area contributed by atoms with E-state index in [1.54, 1.807) is 6.20 Å². The molecule has 5 heteroatoms. The lowest BCUT2D eigenvalue weighted by atomic mass is 9.87. The van der Waals surface area contributed by atoms with Crippen molar-refractivity contribution in [3.05, 3.63) is 10.7 Å². The molecule has 1 unspecified atom stereocenters. The molecule has 16 heavy (non-hydrogen) atoms. The molecule has 1 fully saturated rings. The topological polar surface area (TPSA) is 63.8 Å². The number of rotatable bonds is 2. The van der Waals surface area contributed by atoms with Crippen LogP contribution in [-0.4, -0.2) is 16.0 Å². The second-order valence-electron chi connectivity index (χ2n) is 5.00. The van der Waals surface area contributed by atoms with Crippen molar-refractivity contribution in [2.45, 2.75) is 39.2 Å². The molecular weight excluding hydrogens is 268 g/mol. The van der Waals surface area contributed by atoms with Crippen LogP contribution < -0.4 is 11.1 Å². The molecule has 1 saturated carbocycles. The Morgan fingerprint density at radius 1 is 1.56 bits per heavy atom. The highest BCUT2D eigenvalue weighted by atomic mass is 79.9. The van der Waals surface area contributed by atoms with Gasteiger partial charge in [-0.15, -0.1) is 0 Å². The number of nitrogen functional groups attached to an aromatic ring is 1. The largest absolute Gasteiger partial charge is 0.368 e. The summed E-state index contributed by atoms with van der Waals surface area (Å²) in [5.74, 6) is 1.11. The minimum atomic E-state index is 0.307. The zero-order valence-corrected chi connectivity index (χ0v) is 11.2. The minimum absolute atomic E-state index is 0.307. The molecule has 3 N–H and O–H groups in total. The summed E-state index contributed by atoms with van der Waals surface area (Å²) in [6, 6.07) is 0.457. The first-order valence-corrected chi connectivity index (χ1v) is 6.33. The molecule has 2 rings (SSSR count). The molecule has 0 bridgehead atoms. The van der Waals surface area contributed by atoms with Crippen molar-refractivity contribution in [3.63, 3.8) is 0 Å². The molecule has 0 amide bonds. The van der Waals surface area contributed by atoms with Gasteiger partial charge in [0, 0.05) is 12.2 Å². The van der Waals surface area contributed by atoms with Crippen LogP contribution in [0.1, 0.15) is 33.1 Å². The predicted octanol–water partition coefficient (Wildman–Crippen LogP) is 2.81. The molecule has 1 aromatic rings. The van der Waals surface area contributed by atoms with Gasteiger partial charge in [0.15, 0.2) is 0 Å². The first kappa shape index (κ1) is 11.6. The van der Waals surface area contributed by atoms with Crippen molar-refractivity contribution in [1.29, 1.82) is 0 Å². The molecule has 4 nitrogen and oxygen atoms in total. The standard InChI is InChI=1S/C11H17BrN4/c1-11(2)5-3-4-8(11)15-9-7(12)6-14-10(13)16-9/h6,8H,3-5H2,1-2H3,(H3,13,14,15,16). The third-order valence-electron chi connectivity index (χ3n) is 3.33. The number of anilines is 2. The maximum absolute atomic E-state index is 5.59. The third-order valence-corrected chi connectivity index (χ3v) is 3.91. The summed E-state index contributed by atoms with van der Waals surface area (Å²) in [6.07, 6.45) is 5.39. The Balaban J connectivity index is 2.17. The van der Waals surface area contributed by atoms with Gasteiger partial charge >= 0.3 is 0 Å². The zero-order valence-electron chi connectivity index (χ0n) is 9.63. The lowest BCUT2D eigenvalue weighted by Crippen LogP contribution is -2.31. The van der Waals surface area contributed by atoms with Crippen molar-refractivity contribution in [1.82, 2.24) is 9.97 Å². The van der Waals surface area contributed by atoms with E-state index in [0.29, 0.717) is 17.4 Å². The maximum Gasteiger partial charge on any atom is 0.221 e. The smallest absolute Gasteiger partial charge is 0.221 e. The van der Waals surface area contributed by atoms with E-state index in [9.17, 15) is 0 Å². The Labute approximate surface area is 104 Å². The lowest BCUT2D eigenvalue weighted by Gasteiger charge is -2.28. The maximum atomic E-state index is 5.59. The van der Waals surface area contributed by atoms with Crippen LogP contribution in [0.2, 0.25) is 0 Å². The molecule has 0 spiro atoms. The fourth-order valence-electron chi connectivity index (χ4n) is 2.24. The van der Waals surface area contributed by atoms with E-state index in [4.69, 9.17) is 5.73 Å². The molecular formula is C11H17BrN4. The second kappa shape index (κ2) is 4.20. The number of halogens is 1. The Bertz CT molecular complexity index is 392. The van der Waals surface area contributed by atoms with Gasteiger partial charge in [-0.05, 0) is 34.2 Å². The fourth-order valence-corrected chi connectivity index (χ4v) is 2.55. The van der Waals surface area contributed by atoms with Crippen LogP contribution in [-0.2, 0) is 0 Å². The minimum Gasteiger partial charge on any atom is -0.368 e. The molecule has 88 valence electrons. The molecule has 0 aliphatic heterocycles. The van der Waals surface area contributed by atoms with E-state index < -0.39 is 0 Å². The summed E-state index contributed by atoms with van der Waals surface area (Å²) < 4.78 is 0.865. The summed E-state index contributed by atoms with van der Waals surface area (Å²) in [5, 5.41) is 3.46. The van der Waals surface area contributed by atoms with Gasteiger partial charge in [0.05, 0.1) is 4.47 Å². The normalized spacial score (nSPS) is 23.3. The average molecular weight is 285 g/mol. The summed E-state index contributed by atoms with van der Waals surface area (Å²) in [4.78, 5) is 8.14. The molecule has 0 aromatic carbocycles. The number of aromatic nitrogens is 2. The Morgan fingerprint density at radius 3 is 2.94 bits per heavy atom. The molecule has 0 saturated heterocycles. The zero-order chi connectivity index (χ0) is 11.8. The van der Waals surface area contributed by atoms with Crippen molar-refractivity contribution >= 4 is 27.7 Å². The monoisotopic (exact) mass is 284 g/mol. The molecule has 1 aromatic heterocycles. The number of hydrogen-bond donors (Lipinski definition) is 2. The van der Waals surface area contributed by atoms with Gasteiger partial charge < -0.3 is 11.1 Å². The summed E-state index contributed by atoms with van der Waals surface area (Å²) in [5.41, 5.74) is 5.90. The van der Waals surface area contributed by atoms with Crippen LogP contribution in [0.3, 0.4) is 0 Å². The number of hydrogen-bond acceptors (Lipinski definition) is 4. The van der Waals surface area contributed by atoms with Crippen molar-refractivity contribution in [2.24, 2.45) is 5.41 Å². The Kier molecular flexibility index (Phi) is 3.06. The van der Waals surface area contributed by atoms with Crippen molar-refractivity contribution in [2.75, 3.05) is 11.1 Å². The van der Waals surface area contributed by atoms with Gasteiger partial charge in [-0.2, -0.15) is 4.98 Å². The molecule has 0 radical (unpaired) electrons. The Morgan fingerprint density at radius 2 is 2.31 bits per heavy atom. The lowest BCUT2D eigenvalue weighted by molar-refractivity contribution is 0.349. The number of nitrogens with one attached hydrogen (secondary N) is 1. The van der Waals surface area contributed by atoms with Crippen molar-refractivity contribution < 1.29 is 0 Å². The van der Waals surface area contributed by atoms with Crippen LogP contribution in [0, 0.1) is 5.41 Å². The highest BCUT2D eigenvalue weighted by molar-refractivity contribution is 9.10. The fraction of sp³-hybridized carbons (Fsp3) is 0.636. The van der Waals surface area contributed by atoms with E-state index in [0.717, 1.165) is 10.3 Å². The van der Waals surface area contributed by atoms with Gasteiger partial charge in [0.25, 0.3) is 0 Å². The molecule has 1 aliphatic rings. The highest BCUT2D eigenvalue weighted by Gasteiger charge is 2.34. The van der Waals surface area contributed by atoms with Crippen LogP contribution in [0.25, 0.3) is 0 Å². The molecule has 1 aliphatic carbocycles. The number of nitrogens with two attached hydrogens (primary N) is 1. The summed E-state index contributed by atoms with van der Waals surface area (Å²) >= 11 is 3.43. The van der Waals surface area contributed by atoms with Gasteiger partial charge in [0.2, 0.25) is 5.95 Å². The SMILES string of the molecule is CC1(C)CCCC1Nc1nc(N)ncc1Br. The van der Waals surface area contributed by atoms with E-state index >= 15 is 0 Å². The van der Waals surface area contributed by atoms with Gasteiger partial charge in [-0.3, -0.25) is 0 Å². The molecule has 1 atom stereocenters. The summed E-state index contributed by atoms with van der Waals surface area (Å²) in [7, 11) is 0. The Hall–Kier alpha value is -0.840. The average Bonchev–Trinajstić information content (AvgIpc) is 2.52. The van der Waals surface area contributed by atoms with Gasteiger partial charge in [0.1, 0.15) is 5.82 Å². The highest BCUT2D eigenvalue weighted by Crippen LogP contribution is 2.39. The first-order valence-electron chi connectivity index (χ1n) is 5.53. The summed E-state index contributed by atoms with van der Waals surface area (Å²) in [6.45, 7) is 4.58.